The van der Waals surface area contributed by atoms with Crippen LogP contribution in [0.1, 0.15) is 25.0 Å². The van der Waals surface area contributed by atoms with Gasteiger partial charge in [-0.15, -0.1) is 0 Å². The maximum atomic E-state index is 9.26. The standard InChI is InChI=1S/C11H14BrClO/c1-7-4-8(11(2,3)6-14)10(13)5-9(7)12/h4-5,14H,6H2,1-3H3. The number of rotatable bonds is 2. The summed E-state index contributed by atoms with van der Waals surface area (Å²) in [6.07, 6.45) is 0. The third-order valence-corrected chi connectivity index (χ3v) is 3.54. The molecule has 1 aromatic carbocycles. The van der Waals surface area contributed by atoms with E-state index in [1.165, 1.54) is 0 Å². The first-order chi connectivity index (χ1) is 6.38. The van der Waals surface area contributed by atoms with Gasteiger partial charge in [-0.25, -0.2) is 0 Å². The number of aryl methyl sites for hydroxylation is 1. The van der Waals surface area contributed by atoms with E-state index in [0.29, 0.717) is 5.02 Å². The van der Waals surface area contributed by atoms with Crippen LogP contribution in [0, 0.1) is 6.92 Å². The molecular formula is C11H14BrClO. The Hall–Kier alpha value is -0.0500. The van der Waals surface area contributed by atoms with E-state index in [1.807, 2.05) is 32.9 Å². The minimum atomic E-state index is -0.289. The quantitative estimate of drug-likeness (QED) is 0.874. The molecule has 0 saturated carbocycles. The van der Waals surface area contributed by atoms with Gasteiger partial charge in [0.15, 0.2) is 0 Å². The van der Waals surface area contributed by atoms with Crippen molar-refractivity contribution in [3.05, 3.63) is 32.8 Å². The van der Waals surface area contributed by atoms with Gasteiger partial charge >= 0.3 is 0 Å². The molecule has 0 aliphatic carbocycles. The lowest BCUT2D eigenvalue weighted by molar-refractivity contribution is 0.218. The first-order valence-corrected chi connectivity index (χ1v) is 5.62. The van der Waals surface area contributed by atoms with Crippen LogP contribution < -0.4 is 0 Å². The minimum Gasteiger partial charge on any atom is -0.395 e. The smallest absolute Gasteiger partial charge is 0.0523 e. The maximum Gasteiger partial charge on any atom is 0.0523 e. The van der Waals surface area contributed by atoms with Gasteiger partial charge < -0.3 is 5.11 Å². The van der Waals surface area contributed by atoms with E-state index >= 15 is 0 Å². The molecule has 0 bridgehead atoms. The summed E-state index contributed by atoms with van der Waals surface area (Å²) in [5.74, 6) is 0. The number of aliphatic hydroxyl groups is 1. The molecule has 0 amide bonds. The van der Waals surface area contributed by atoms with E-state index in [0.717, 1.165) is 15.6 Å². The second kappa shape index (κ2) is 4.21. The van der Waals surface area contributed by atoms with Crippen LogP contribution in [0.5, 0.6) is 0 Å². The summed E-state index contributed by atoms with van der Waals surface area (Å²) < 4.78 is 1.000. The predicted molar refractivity (Wildman–Crippen MR) is 64.0 cm³/mol. The van der Waals surface area contributed by atoms with Crippen LogP contribution in [0.2, 0.25) is 5.02 Å². The van der Waals surface area contributed by atoms with Crippen LogP contribution in [0.25, 0.3) is 0 Å². The Kier molecular flexibility index (Phi) is 3.62. The average Bonchev–Trinajstić information content (AvgIpc) is 2.11. The van der Waals surface area contributed by atoms with Crippen molar-refractivity contribution in [3.63, 3.8) is 0 Å². The molecule has 0 aliphatic rings. The van der Waals surface area contributed by atoms with Crippen molar-refractivity contribution >= 4 is 27.5 Å². The van der Waals surface area contributed by atoms with Crippen LogP contribution in [0.15, 0.2) is 16.6 Å². The number of hydrogen-bond donors (Lipinski definition) is 1. The second-order valence-electron chi connectivity index (χ2n) is 4.12. The van der Waals surface area contributed by atoms with E-state index in [1.54, 1.807) is 0 Å². The fourth-order valence-corrected chi connectivity index (χ4v) is 2.16. The van der Waals surface area contributed by atoms with Gasteiger partial charge in [0.25, 0.3) is 0 Å². The third-order valence-electron chi connectivity index (χ3n) is 2.37. The van der Waals surface area contributed by atoms with Gasteiger partial charge in [-0.3, -0.25) is 0 Å². The third kappa shape index (κ3) is 2.30. The van der Waals surface area contributed by atoms with E-state index in [9.17, 15) is 5.11 Å². The van der Waals surface area contributed by atoms with Gasteiger partial charge in [-0.2, -0.15) is 0 Å². The summed E-state index contributed by atoms with van der Waals surface area (Å²) >= 11 is 9.55. The Morgan fingerprint density at radius 1 is 1.43 bits per heavy atom. The van der Waals surface area contributed by atoms with Crippen LogP contribution in [0.4, 0.5) is 0 Å². The molecule has 0 heterocycles. The lowest BCUT2D eigenvalue weighted by Gasteiger charge is -2.24. The van der Waals surface area contributed by atoms with E-state index in [4.69, 9.17) is 11.6 Å². The van der Waals surface area contributed by atoms with E-state index < -0.39 is 0 Å². The molecule has 78 valence electrons. The zero-order chi connectivity index (χ0) is 10.9. The van der Waals surface area contributed by atoms with Crippen molar-refractivity contribution in [3.8, 4) is 0 Å². The van der Waals surface area contributed by atoms with Gasteiger partial charge in [-0.1, -0.05) is 47.4 Å². The van der Waals surface area contributed by atoms with Crippen LogP contribution in [0.3, 0.4) is 0 Å². The summed E-state index contributed by atoms with van der Waals surface area (Å²) in [6, 6.07) is 3.90. The van der Waals surface area contributed by atoms with Crippen molar-refractivity contribution < 1.29 is 5.11 Å². The molecule has 1 N–H and O–H groups in total. The highest BCUT2D eigenvalue weighted by Gasteiger charge is 2.22. The van der Waals surface area contributed by atoms with Gasteiger partial charge in [0, 0.05) is 14.9 Å². The lowest BCUT2D eigenvalue weighted by atomic mass is 9.85. The average molecular weight is 278 g/mol. The molecule has 0 radical (unpaired) electrons. The van der Waals surface area contributed by atoms with Gasteiger partial charge in [0.1, 0.15) is 0 Å². The second-order valence-corrected chi connectivity index (χ2v) is 5.38. The molecule has 0 fully saturated rings. The van der Waals surface area contributed by atoms with Crippen LogP contribution >= 0.6 is 27.5 Å². The van der Waals surface area contributed by atoms with E-state index in [-0.39, 0.29) is 12.0 Å². The largest absolute Gasteiger partial charge is 0.395 e. The van der Waals surface area contributed by atoms with Crippen molar-refractivity contribution in [2.45, 2.75) is 26.2 Å². The highest BCUT2D eigenvalue weighted by molar-refractivity contribution is 9.10. The first-order valence-electron chi connectivity index (χ1n) is 4.45. The fourth-order valence-electron chi connectivity index (χ4n) is 1.26. The summed E-state index contributed by atoms with van der Waals surface area (Å²) in [6.45, 7) is 6.05. The Labute approximate surface area is 98.2 Å². The SMILES string of the molecule is Cc1cc(C(C)(C)CO)c(Cl)cc1Br. The van der Waals surface area contributed by atoms with Crippen molar-refractivity contribution in [1.29, 1.82) is 0 Å². The topological polar surface area (TPSA) is 20.2 Å². The number of hydrogen-bond acceptors (Lipinski definition) is 1. The van der Waals surface area contributed by atoms with Crippen molar-refractivity contribution in [1.82, 2.24) is 0 Å². The van der Waals surface area contributed by atoms with Crippen LogP contribution in [-0.2, 0) is 5.41 Å². The summed E-state index contributed by atoms with van der Waals surface area (Å²) in [5, 5.41) is 9.96. The summed E-state index contributed by atoms with van der Waals surface area (Å²) in [5.41, 5.74) is 1.83. The number of halogens is 2. The maximum absolute atomic E-state index is 9.26. The number of aliphatic hydroxyl groups excluding tert-OH is 1. The molecule has 0 spiro atoms. The molecule has 0 saturated heterocycles. The number of benzene rings is 1. The molecule has 0 unspecified atom stereocenters. The molecule has 0 atom stereocenters. The molecule has 1 aromatic rings. The molecule has 1 nitrogen and oxygen atoms in total. The molecule has 0 aromatic heterocycles. The fraction of sp³-hybridized carbons (Fsp3) is 0.455. The summed E-state index contributed by atoms with van der Waals surface area (Å²) in [7, 11) is 0. The Morgan fingerprint density at radius 2 is 2.00 bits per heavy atom. The predicted octanol–water partition coefficient (Wildman–Crippen LogP) is 3.68. The molecule has 14 heavy (non-hydrogen) atoms. The van der Waals surface area contributed by atoms with Crippen molar-refractivity contribution in [2.75, 3.05) is 6.61 Å². The highest BCUT2D eigenvalue weighted by atomic mass is 79.9. The van der Waals surface area contributed by atoms with Crippen LogP contribution in [-0.4, -0.2) is 11.7 Å². The highest BCUT2D eigenvalue weighted by Crippen LogP contribution is 2.33. The first kappa shape index (κ1) is 12.0. The molecule has 0 aliphatic heterocycles. The summed E-state index contributed by atoms with van der Waals surface area (Å²) in [4.78, 5) is 0. The van der Waals surface area contributed by atoms with Gasteiger partial charge in [0.2, 0.25) is 0 Å². The van der Waals surface area contributed by atoms with E-state index in [2.05, 4.69) is 15.9 Å². The zero-order valence-corrected chi connectivity index (χ0v) is 10.9. The minimum absolute atomic E-state index is 0.0911. The Morgan fingerprint density at radius 3 is 2.50 bits per heavy atom. The van der Waals surface area contributed by atoms with Gasteiger partial charge in [-0.05, 0) is 24.1 Å². The van der Waals surface area contributed by atoms with Gasteiger partial charge in [0.05, 0.1) is 6.61 Å². The molecular weight excluding hydrogens is 263 g/mol. The lowest BCUT2D eigenvalue weighted by Crippen LogP contribution is -2.22. The zero-order valence-electron chi connectivity index (χ0n) is 8.56. The molecule has 1 rings (SSSR count). The normalized spacial score (nSPS) is 11.9. The molecule has 3 heteroatoms. The monoisotopic (exact) mass is 276 g/mol. The Balaban J connectivity index is 3.29. The Bertz CT molecular complexity index is 347. The van der Waals surface area contributed by atoms with Crippen molar-refractivity contribution in [2.24, 2.45) is 0 Å².